The van der Waals surface area contributed by atoms with Gasteiger partial charge in [0.15, 0.2) is 0 Å². The molecule has 2 rings (SSSR count). The number of aliphatic hydroxyl groups excluding tert-OH is 1. The van der Waals surface area contributed by atoms with Crippen LogP contribution in [0.2, 0.25) is 0 Å². The molecule has 0 fully saturated rings. The molecular weight excluding hydrogens is 694 g/mol. The van der Waals surface area contributed by atoms with Crippen molar-refractivity contribution in [2.75, 3.05) is 21.1 Å². The van der Waals surface area contributed by atoms with Crippen LogP contribution in [0.25, 0.3) is 0 Å². The molecule has 1 unspecified atom stereocenters. The molecule has 7 N–H and O–H groups in total. The molecule has 2 aromatic rings. The van der Waals surface area contributed by atoms with Gasteiger partial charge < -0.3 is 46.2 Å². The van der Waals surface area contributed by atoms with Crippen LogP contribution in [-0.2, 0) is 36.8 Å². The minimum absolute atomic E-state index is 0.00159. The lowest BCUT2D eigenvalue weighted by atomic mass is 9.93. The first-order chi connectivity index (χ1) is 25.5. The number of likely N-dealkylation sites (N-methyl/N-ethyl adjacent to an activating group) is 3. The van der Waals surface area contributed by atoms with Gasteiger partial charge in [-0.1, -0.05) is 84.6 Å². The number of aliphatic hydroxyl groups is 1. The van der Waals surface area contributed by atoms with Gasteiger partial charge in [-0.25, -0.2) is 4.79 Å². The van der Waals surface area contributed by atoms with Gasteiger partial charge in [-0.05, 0) is 60.7 Å². The molecule has 300 valence electrons. The minimum Gasteiger partial charge on any atom is -0.508 e. The van der Waals surface area contributed by atoms with Crippen molar-refractivity contribution in [2.45, 2.75) is 116 Å². The number of hydrogen-bond acceptors (Lipinski definition) is 9. The van der Waals surface area contributed by atoms with Gasteiger partial charge >= 0.3 is 5.97 Å². The van der Waals surface area contributed by atoms with Crippen LogP contribution < -0.4 is 16.0 Å². The van der Waals surface area contributed by atoms with E-state index in [-0.39, 0.29) is 24.3 Å². The van der Waals surface area contributed by atoms with Gasteiger partial charge in [0.2, 0.25) is 17.7 Å². The van der Waals surface area contributed by atoms with Gasteiger partial charge in [0.05, 0.1) is 0 Å². The number of unbranched alkanes of at least 4 members (excludes halogenated alkanes) is 2. The maximum atomic E-state index is 14.5. The molecule has 0 aliphatic carbocycles. The van der Waals surface area contributed by atoms with Gasteiger partial charge in [-0.2, -0.15) is 0 Å². The van der Waals surface area contributed by atoms with Crippen LogP contribution in [0.5, 0.6) is 11.5 Å². The summed E-state index contributed by atoms with van der Waals surface area (Å²) in [4.78, 5) is 70.8. The number of hydrogen-bond donors (Lipinski definition) is 7. The van der Waals surface area contributed by atoms with Crippen molar-refractivity contribution in [3.8, 4) is 11.5 Å². The number of nitrogens with one attached hydrogen (secondary N) is 3. The Kier molecular flexibility index (Phi) is 18.4. The second kappa shape index (κ2) is 21.9. The van der Waals surface area contributed by atoms with Crippen molar-refractivity contribution in [1.29, 1.82) is 0 Å². The number of aromatic hydroxyl groups is 2. The summed E-state index contributed by atoms with van der Waals surface area (Å²) >= 11 is 0. The maximum absolute atomic E-state index is 14.5. The summed E-state index contributed by atoms with van der Waals surface area (Å²) in [5, 5.41) is 48.7. The first-order valence-corrected chi connectivity index (χ1v) is 18.7. The maximum Gasteiger partial charge on any atom is 0.326 e. The molecule has 0 saturated carbocycles. The predicted molar refractivity (Wildman–Crippen MR) is 206 cm³/mol. The Morgan fingerprint density at radius 1 is 0.741 bits per heavy atom. The zero-order valence-corrected chi connectivity index (χ0v) is 32.9. The van der Waals surface area contributed by atoms with E-state index in [1.54, 1.807) is 52.1 Å². The zero-order chi connectivity index (χ0) is 40.7. The molecule has 2 aromatic carbocycles. The molecule has 7 atom stereocenters. The number of carboxylic acids is 1. The van der Waals surface area contributed by atoms with E-state index in [1.165, 1.54) is 48.2 Å². The molecule has 14 heteroatoms. The summed E-state index contributed by atoms with van der Waals surface area (Å²) in [6.07, 6.45) is 2.23. The van der Waals surface area contributed by atoms with Crippen molar-refractivity contribution >= 4 is 29.6 Å². The molecular formula is C40H61N5O9. The van der Waals surface area contributed by atoms with Gasteiger partial charge in [-0.3, -0.25) is 19.2 Å². The van der Waals surface area contributed by atoms with E-state index < -0.39 is 77.7 Å². The number of benzene rings is 2. The third kappa shape index (κ3) is 13.0. The standard InChI is InChI=1S/C40H61N5O9/c1-9-11-12-13-30(41-6)35(48)37(50)43-33(24(3)4)38(51)45(8)34(25(5)10-2)39(52)44(7)32(23-27-16-20-29(47)21-17-27)36(49)42-31(40(53)54)22-26-14-18-28(46)19-15-26/h14-21,24-25,30-35,41,46-48H,9-13,22-23H2,1-8H3,(H,42,49)(H,43,50)(H,53,54)/t25-,30-,31-,32-,33?,34-,35+/m0/s1. The average Bonchev–Trinajstić information content (AvgIpc) is 3.14. The number of phenolic OH excluding ortho intramolecular Hbond substituents is 2. The van der Waals surface area contributed by atoms with E-state index in [9.17, 15) is 44.4 Å². The highest BCUT2D eigenvalue weighted by atomic mass is 16.4. The summed E-state index contributed by atoms with van der Waals surface area (Å²) in [5.41, 5.74) is 1.13. The lowest BCUT2D eigenvalue weighted by Crippen LogP contribution is -2.61. The summed E-state index contributed by atoms with van der Waals surface area (Å²) < 4.78 is 0. The van der Waals surface area contributed by atoms with Crippen LogP contribution in [0.1, 0.15) is 77.8 Å². The lowest BCUT2D eigenvalue weighted by molar-refractivity contribution is -0.152. The van der Waals surface area contributed by atoms with Crippen molar-refractivity contribution in [1.82, 2.24) is 25.8 Å². The highest BCUT2D eigenvalue weighted by Crippen LogP contribution is 2.22. The molecule has 0 heterocycles. The Labute approximate surface area is 319 Å². The topological polar surface area (TPSA) is 209 Å². The predicted octanol–water partition coefficient (Wildman–Crippen LogP) is 2.82. The molecule has 0 radical (unpaired) electrons. The first kappa shape index (κ1) is 45.5. The summed E-state index contributed by atoms with van der Waals surface area (Å²) in [5.74, 6) is -4.71. The number of amides is 4. The molecule has 0 aromatic heterocycles. The molecule has 14 nitrogen and oxygen atoms in total. The minimum atomic E-state index is -1.41. The molecule has 0 aliphatic rings. The molecule has 0 saturated heterocycles. The highest BCUT2D eigenvalue weighted by molar-refractivity contribution is 5.95. The third-order valence-electron chi connectivity index (χ3n) is 10.0. The number of rotatable bonds is 22. The number of carboxylic acid groups (broad SMARTS) is 1. The van der Waals surface area contributed by atoms with Crippen LogP contribution in [0.3, 0.4) is 0 Å². The highest BCUT2D eigenvalue weighted by Gasteiger charge is 2.41. The zero-order valence-electron chi connectivity index (χ0n) is 32.9. The summed E-state index contributed by atoms with van der Waals surface area (Å²) in [6.45, 7) is 9.22. The Balaban J connectivity index is 2.44. The van der Waals surface area contributed by atoms with E-state index in [4.69, 9.17) is 0 Å². The normalized spacial score (nSPS) is 15.2. The van der Waals surface area contributed by atoms with Crippen LogP contribution in [0.15, 0.2) is 48.5 Å². The van der Waals surface area contributed by atoms with Gasteiger partial charge in [0, 0.05) is 33.0 Å². The Hall–Kier alpha value is -4.69. The van der Waals surface area contributed by atoms with Crippen molar-refractivity contribution in [3.05, 3.63) is 59.7 Å². The molecule has 0 spiro atoms. The van der Waals surface area contributed by atoms with Gasteiger partial charge in [0.25, 0.3) is 5.91 Å². The second-order valence-corrected chi connectivity index (χ2v) is 14.5. The lowest BCUT2D eigenvalue weighted by Gasteiger charge is -2.39. The summed E-state index contributed by atoms with van der Waals surface area (Å²) in [7, 11) is 4.56. The fourth-order valence-electron chi connectivity index (χ4n) is 6.34. The number of phenols is 2. The number of carbonyl (C=O) groups is 5. The Bertz CT molecular complexity index is 1520. The second-order valence-electron chi connectivity index (χ2n) is 14.5. The largest absolute Gasteiger partial charge is 0.508 e. The molecule has 54 heavy (non-hydrogen) atoms. The smallest absolute Gasteiger partial charge is 0.326 e. The quantitative estimate of drug-likeness (QED) is 0.0875. The fourth-order valence-corrected chi connectivity index (χ4v) is 6.34. The van der Waals surface area contributed by atoms with E-state index in [1.807, 2.05) is 6.92 Å². The van der Waals surface area contributed by atoms with E-state index in [0.717, 1.165) is 19.3 Å². The van der Waals surface area contributed by atoms with Crippen LogP contribution >= 0.6 is 0 Å². The summed E-state index contributed by atoms with van der Waals surface area (Å²) in [6, 6.07) is 6.68. The Morgan fingerprint density at radius 2 is 1.28 bits per heavy atom. The molecule has 0 aliphatic heterocycles. The molecule has 4 amide bonds. The van der Waals surface area contributed by atoms with Crippen LogP contribution in [-0.4, -0.2) is 117 Å². The molecule has 0 bridgehead atoms. The first-order valence-electron chi connectivity index (χ1n) is 18.7. The van der Waals surface area contributed by atoms with Crippen LogP contribution in [0, 0.1) is 11.8 Å². The van der Waals surface area contributed by atoms with Gasteiger partial charge in [-0.15, -0.1) is 0 Å². The Morgan fingerprint density at radius 3 is 1.74 bits per heavy atom. The van der Waals surface area contributed by atoms with E-state index in [2.05, 4.69) is 22.9 Å². The van der Waals surface area contributed by atoms with E-state index in [0.29, 0.717) is 24.0 Å². The third-order valence-corrected chi connectivity index (χ3v) is 10.0. The average molecular weight is 756 g/mol. The van der Waals surface area contributed by atoms with Crippen molar-refractivity contribution < 1.29 is 44.4 Å². The fraction of sp³-hybridized carbons (Fsp3) is 0.575. The number of carbonyl (C=O) groups excluding carboxylic acids is 4. The number of aliphatic carboxylic acids is 1. The van der Waals surface area contributed by atoms with Gasteiger partial charge in [0.1, 0.15) is 41.8 Å². The van der Waals surface area contributed by atoms with Crippen LogP contribution in [0.4, 0.5) is 0 Å². The number of nitrogens with zero attached hydrogens (tertiary/aromatic N) is 2. The monoisotopic (exact) mass is 755 g/mol. The van der Waals surface area contributed by atoms with E-state index >= 15 is 0 Å². The van der Waals surface area contributed by atoms with Crippen molar-refractivity contribution in [2.24, 2.45) is 11.8 Å². The van der Waals surface area contributed by atoms with Crippen molar-refractivity contribution in [3.63, 3.8) is 0 Å². The SMILES string of the molecule is CCCCC[C@H](NC)[C@@H](O)C(=O)NC(C(=O)N(C)[C@H](C(=O)N(C)[C@@H](Cc1ccc(O)cc1)C(=O)N[C@@H](Cc1ccc(O)cc1)C(=O)O)[C@@H](C)CC)C(C)C.